The number of aromatic nitrogens is 2. The summed E-state index contributed by atoms with van der Waals surface area (Å²) >= 11 is 0. The van der Waals surface area contributed by atoms with Gasteiger partial charge in [0.15, 0.2) is 11.8 Å². The van der Waals surface area contributed by atoms with Gasteiger partial charge in [0.2, 0.25) is 5.89 Å². The molecule has 7 nitrogen and oxygen atoms in total. The Balaban J connectivity index is 0.00000364. The van der Waals surface area contributed by atoms with Crippen molar-refractivity contribution in [2.45, 2.75) is 65.5 Å². The molecule has 1 fully saturated rings. The molecule has 27 heavy (non-hydrogen) atoms. The first-order chi connectivity index (χ1) is 12.3. The molecule has 0 aliphatic carbocycles. The van der Waals surface area contributed by atoms with Crippen molar-refractivity contribution < 1.29 is 4.52 Å². The van der Waals surface area contributed by atoms with Crippen molar-refractivity contribution in [1.82, 2.24) is 25.7 Å². The second kappa shape index (κ2) is 11.0. The van der Waals surface area contributed by atoms with Crippen molar-refractivity contribution in [3.05, 3.63) is 23.9 Å². The maximum atomic E-state index is 5.33. The van der Waals surface area contributed by atoms with E-state index in [1.54, 1.807) is 0 Å². The Morgan fingerprint density at radius 2 is 2.00 bits per heavy atom. The lowest BCUT2D eigenvalue weighted by Crippen LogP contribution is -2.48. The van der Waals surface area contributed by atoms with E-state index in [2.05, 4.69) is 71.9 Å². The van der Waals surface area contributed by atoms with Crippen LogP contribution in [0.25, 0.3) is 0 Å². The van der Waals surface area contributed by atoms with Gasteiger partial charge < -0.3 is 15.2 Å². The number of guanidine groups is 1. The fraction of sp³-hybridized carbons (Fsp3) is 0.737. The number of rotatable bonds is 6. The van der Waals surface area contributed by atoms with Crippen LogP contribution in [0.4, 0.5) is 0 Å². The summed E-state index contributed by atoms with van der Waals surface area (Å²) in [6, 6.07) is 0.435. The second-order valence-corrected chi connectivity index (χ2v) is 8.11. The molecule has 0 unspecified atom stereocenters. The molecular formula is C19H35IN6O. The first-order valence-corrected chi connectivity index (χ1v) is 9.52. The van der Waals surface area contributed by atoms with Crippen LogP contribution >= 0.6 is 24.0 Å². The first-order valence-electron chi connectivity index (χ1n) is 9.52. The Bertz CT molecular complexity index is 614. The van der Waals surface area contributed by atoms with Gasteiger partial charge in [-0.05, 0) is 26.7 Å². The minimum absolute atomic E-state index is 0. The lowest BCUT2D eigenvalue weighted by molar-refractivity contribution is 0.221. The summed E-state index contributed by atoms with van der Waals surface area (Å²) in [4.78, 5) is 11.5. The van der Waals surface area contributed by atoms with Crippen LogP contribution in [0.15, 0.2) is 21.7 Å². The van der Waals surface area contributed by atoms with Gasteiger partial charge in [-0.2, -0.15) is 4.98 Å². The fourth-order valence-electron chi connectivity index (χ4n) is 2.90. The van der Waals surface area contributed by atoms with E-state index in [0.29, 0.717) is 24.3 Å². The molecule has 0 amide bonds. The van der Waals surface area contributed by atoms with Crippen LogP contribution in [0.5, 0.6) is 0 Å². The van der Waals surface area contributed by atoms with Crippen LogP contribution in [0, 0.1) is 0 Å². The number of nitrogens with zero attached hydrogens (tertiary/aromatic N) is 4. The number of aliphatic imine (C=N–C) groups is 1. The monoisotopic (exact) mass is 490 g/mol. The predicted octanol–water partition coefficient (Wildman–Crippen LogP) is 3.08. The molecule has 1 saturated heterocycles. The number of likely N-dealkylation sites (tertiary alicyclic amines) is 1. The van der Waals surface area contributed by atoms with Gasteiger partial charge in [-0.1, -0.05) is 38.1 Å². The van der Waals surface area contributed by atoms with E-state index in [4.69, 9.17) is 4.52 Å². The third-order valence-electron chi connectivity index (χ3n) is 4.25. The van der Waals surface area contributed by atoms with Crippen LogP contribution in [0.3, 0.4) is 0 Å². The zero-order valence-electron chi connectivity index (χ0n) is 17.3. The Kier molecular flexibility index (Phi) is 9.72. The number of halogens is 1. The van der Waals surface area contributed by atoms with E-state index in [1.807, 2.05) is 0 Å². The van der Waals surface area contributed by atoms with E-state index in [0.717, 1.165) is 45.0 Å². The molecule has 2 rings (SSSR count). The third-order valence-corrected chi connectivity index (χ3v) is 4.25. The minimum Gasteiger partial charge on any atom is -0.357 e. The molecular weight excluding hydrogens is 455 g/mol. The molecule has 1 aromatic heterocycles. The van der Waals surface area contributed by atoms with Crippen molar-refractivity contribution in [2.24, 2.45) is 4.99 Å². The average molecular weight is 490 g/mol. The summed E-state index contributed by atoms with van der Waals surface area (Å²) in [5.41, 5.74) is 1.08. The first kappa shape index (κ1) is 23.9. The predicted molar refractivity (Wildman–Crippen MR) is 121 cm³/mol. The van der Waals surface area contributed by atoms with Gasteiger partial charge in [0, 0.05) is 37.6 Å². The molecule has 0 atom stereocenters. The highest BCUT2D eigenvalue weighted by Gasteiger charge is 2.22. The Hall–Kier alpha value is -1.16. The van der Waals surface area contributed by atoms with Crippen LogP contribution in [-0.4, -0.2) is 53.2 Å². The molecule has 2 heterocycles. The van der Waals surface area contributed by atoms with E-state index < -0.39 is 0 Å². The normalized spacial score (nSPS) is 16.7. The van der Waals surface area contributed by atoms with Gasteiger partial charge in [0.1, 0.15) is 6.54 Å². The van der Waals surface area contributed by atoms with Crippen molar-refractivity contribution in [3.8, 4) is 0 Å². The Morgan fingerprint density at radius 3 is 2.52 bits per heavy atom. The van der Waals surface area contributed by atoms with Crippen LogP contribution < -0.4 is 10.6 Å². The summed E-state index contributed by atoms with van der Waals surface area (Å²) in [6.45, 7) is 18.7. The fourth-order valence-corrected chi connectivity index (χ4v) is 2.90. The van der Waals surface area contributed by atoms with Crippen LogP contribution in [-0.2, 0) is 12.0 Å². The lowest BCUT2D eigenvalue weighted by atomic mass is 9.97. The third kappa shape index (κ3) is 8.16. The maximum absolute atomic E-state index is 5.33. The van der Waals surface area contributed by atoms with Crippen molar-refractivity contribution in [2.75, 3.05) is 26.2 Å². The summed E-state index contributed by atoms with van der Waals surface area (Å²) in [7, 11) is 0. The molecule has 0 saturated carbocycles. The van der Waals surface area contributed by atoms with Gasteiger partial charge in [0.05, 0.1) is 0 Å². The summed E-state index contributed by atoms with van der Waals surface area (Å²) in [6.07, 6.45) is 2.21. The van der Waals surface area contributed by atoms with Crippen molar-refractivity contribution in [1.29, 1.82) is 0 Å². The van der Waals surface area contributed by atoms with Gasteiger partial charge in [-0.15, -0.1) is 24.0 Å². The Morgan fingerprint density at radius 1 is 1.33 bits per heavy atom. The summed E-state index contributed by atoms with van der Waals surface area (Å²) in [5.74, 6) is 2.07. The van der Waals surface area contributed by atoms with E-state index in [9.17, 15) is 0 Å². The van der Waals surface area contributed by atoms with E-state index >= 15 is 0 Å². The zero-order chi connectivity index (χ0) is 19.2. The summed E-state index contributed by atoms with van der Waals surface area (Å²) < 4.78 is 5.33. The molecule has 2 N–H and O–H groups in total. The highest BCUT2D eigenvalue weighted by Crippen LogP contribution is 2.19. The molecule has 154 valence electrons. The number of nitrogens with one attached hydrogen (secondary N) is 2. The van der Waals surface area contributed by atoms with Crippen molar-refractivity contribution in [3.63, 3.8) is 0 Å². The number of hydrogen-bond donors (Lipinski definition) is 2. The number of piperidine rings is 1. The highest BCUT2D eigenvalue weighted by molar-refractivity contribution is 14.0. The standard InChI is InChI=1S/C19H34N6O.HI/c1-7-20-18(21-12-16-23-17(26-24-16)19(4,5)6)22-15-8-10-25(11-9-15)13-14(2)3;/h15H,2,7-13H2,1,3-6H3,(H2,20,21,22);1H. The van der Waals surface area contributed by atoms with Crippen LogP contribution in [0.2, 0.25) is 0 Å². The molecule has 1 aliphatic heterocycles. The SMILES string of the molecule is C=C(C)CN1CCC(NC(=NCc2noc(C(C)(C)C)n2)NCC)CC1.I. The molecule has 0 bridgehead atoms. The smallest absolute Gasteiger partial charge is 0.232 e. The maximum Gasteiger partial charge on any atom is 0.232 e. The molecule has 0 aromatic carbocycles. The molecule has 8 heteroatoms. The molecule has 1 aromatic rings. The lowest BCUT2D eigenvalue weighted by Gasteiger charge is -2.33. The zero-order valence-corrected chi connectivity index (χ0v) is 19.7. The van der Waals surface area contributed by atoms with E-state index in [1.165, 1.54) is 5.57 Å². The number of hydrogen-bond acceptors (Lipinski definition) is 5. The van der Waals surface area contributed by atoms with Gasteiger partial charge in [-0.25, -0.2) is 4.99 Å². The molecule has 0 radical (unpaired) electrons. The van der Waals surface area contributed by atoms with Crippen molar-refractivity contribution >= 4 is 29.9 Å². The van der Waals surface area contributed by atoms with Gasteiger partial charge in [-0.3, -0.25) is 4.90 Å². The van der Waals surface area contributed by atoms with E-state index in [-0.39, 0.29) is 29.4 Å². The largest absolute Gasteiger partial charge is 0.357 e. The topological polar surface area (TPSA) is 78.6 Å². The molecule has 0 spiro atoms. The minimum atomic E-state index is -0.143. The average Bonchev–Trinajstić information content (AvgIpc) is 3.03. The quantitative estimate of drug-likeness (QED) is 0.276. The summed E-state index contributed by atoms with van der Waals surface area (Å²) in [5, 5.41) is 10.9. The van der Waals surface area contributed by atoms with Crippen LogP contribution in [0.1, 0.15) is 59.2 Å². The highest BCUT2D eigenvalue weighted by atomic mass is 127. The molecule has 1 aliphatic rings. The Labute approximate surface area is 180 Å². The van der Waals surface area contributed by atoms with Gasteiger partial charge in [0.25, 0.3) is 0 Å². The second-order valence-electron chi connectivity index (χ2n) is 8.11. The van der Waals surface area contributed by atoms with Gasteiger partial charge >= 0.3 is 0 Å².